The molecule has 170 valence electrons. The summed E-state index contributed by atoms with van der Waals surface area (Å²) < 4.78 is 42.2. The minimum absolute atomic E-state index is 0.0870. The van der Waals surface area contributed by atoms with Crippen molar-refractivity contribution in [3.63, 3.8) is 0 Å². The zero-order chi connectivity index (χ0) is 23.4. The summed E-state index contributed by atoms with van der Waals surface area (Å²) in [6.07, 6.45) is -0.260. The Hall–Kier alpha value is -3.31. The number of hydrogen-bond donors (Lipinski definition) is 1. The minimum Gasteiger partial charge on any atom is -0.323 e. The van der Waals surface area contributed by atoms with E-state index in [4.69, 9.17) is 11.6 Å². The molecule has 0 saturated carbocycles. The molecule has 0 bridgehead atoms. The summed E-state index contributed by atoms with van der Waals surface area (Å²) in [6, 6.07) is 13.5. The quantitative estimate of drug-likeness (QED) is 0.364. The summed E-state index contributed by atoms with van der Waals surface area (Å²) >= 11 is 6.97. The van der Waals surface area contributed by atoms with Crippen LogP contribution in [0.4, 0.5) is 18.9 Å². The molecule has 0 atom stereocenters. The number of aromatic nitrogens is 5. The van der Waals surface area contributed by atoms with Gasteiger partial charge in [-0.2, -0.15) is 18.3 Å². The van der Waals surface area contributed by atoms with Crippen LogP contribution < -0.4 is 5.32 Å². The van der Waals surface area contributed by atoms with Crippen molar-refractivity contribution >= 4 is 35.0 Å². The number of imidazole rings is 1. The van der Waals surface area contributed by atoms with Crippen LogP contribution in [0, 0.1) is 0 Å². The molecule has 4 rings (SSSR count). The van der Waals surface area contributed by atoms with Gasteiger partial charge in [-0.15, -0.1) is 0 Å². The molecule has 1 amide bonds. The van der Waals surface area contributed by atoms with E-state index in [9.17, 15) is 18.0 Å². The van der Waals surface area contributed by atoms with Crippen LogP contribution in [-0.2, 0) is 11.3 Å². The number of benzene rings is 2. The number of anilines is 1. The molecule has 1 N–H and O–H groups in total. The Labute approximate surface area is 195 Å². The van der Waals surface area contributed by atoms with Crippen LogP contribution in [0.1, 0.15) is 0 Å². The maximum absolute atomic E-state index is 13.2. The van der Waals surface area contributed by atoms with Crippen LogP contribution in [0.3, 0.4) is 0 Å². The van der Waals surface area contributed by atoms with Gasteiger partial charge in [-0.1, -0.05) is 53.7 Å². The molecule has 2 heterocycles. The zero-order valence-corrected chi connectivity index (χ0v) is 18.4. The van der Waals surface area contributed by atoms with E-state index in [1.807, 2.05) is 0 Å². The lowest BCUT2D eigenvalue weighted by molar-refractivity contribution is -0.141. The predicted molar refractivity (Wildman–Crippen MR) is 119 cm³/mol. The van der Waals surface area contributed by atoms with Crippen LogP contribution in [0.15, 0.2) is 72.5 Å². The first kappa shape index (κ1) is 22.9. The molecular weight excluding hydrogens is 477 g/mol. The van der Waals surface area contributed by atoms with E-state index in [0.717, 1.165) is 16.3 Å². The smallest absolute Gasteiger partial charge is 0.323 e. The van der Waals surface area contributed by atoms with Crippen LogP contribution >= 0.6 is 23.4 Å². The molecule has 0 fully saturated rings. The Morgan fingerprint density at radius 3 is 2.64 bits per heavy atom. The number of thioether (sulfide) groups is 1. The molecule has 33 heavy (non-hydrogen) atoms. The maximum Gasteiger partial charge on any atom is 0.406 e. The van der Waals surface area contributed by atoms with Gasteiger partial charge in [0.2, 0.25) is 5.91 Å². The lowest BCUT2D eigenvalue weighted by atomic mass is 10.2. The molecule has 2 aromatic heterocycles. The highest BCUT2D eigenvalue weighted by atomic mass is 35.5. The number of nitrogens with one attached hydrogen (secondary N) is 1. The lowest BCUT2D eigenvalue weighted by Gasteiger charge is -2.14. The van der Waals surface area contributed by atoms with Gasteiger partial charge in [0.05, 0.1) is 29.0 Å². The van der Waals surface area contributed by atoms with Crippen molar-refractivity contribution in [2.24, 2.45) is 0 Å². The van der Waals surface area contributed by atoms with Crippen LogP contribution in [0.2, 0.25) is 5.02 Å². The first-order chi connectivity index (χ1) is 15.8. The third-order valence-corrected chi connectivity index (χ3v) is 5.68. The Balaban J connectivity index is 1.52. The lowest BCUT2D eigenvalue weighted by Crippen LogP contribution is -2.20. The summed E-state index contributed by atoms with van der Waals surface area (Å²) in [5.74, 6) is -0.599. The van der Waals surface area contributed by atoms with E-state index in [1.54, 1.807) is 48.5 Å². The molecule has 0 spiro atoms. The van der Waals surface area contributed by atoms with Crippen molar-refractivity contribution in [2.45, 2.75) is 17.9 Å². The van der Waals surface area contributed by atoms with Crippen LogP contribution in [-0.4, -0.2) is 42.2 Å². The fourth-order valence-electron chi connectivity index (χ4n) is 3.10. The standard InChI is InChI=1S/C21H16ClF3N6OS/c22-15-6-7-17(31-13-26-12-28-31)16(8-15)29-19(32)10-33-20-27-9-18(14-4-2-1-3-5-14)30(20)11-21(23,24)25/h1-9,12-13H,10-11H2,(H,29,32). The van der Waals surface area contributed by atoms with Gasteiger partial charge >= 0.3 is 6.18 Å². The summed E-state index contributed by atoms with van der Waals surface area (Å²) in [6.45, 7) is -1.22. The van der Waals surface area contributed by atoms with Crippen molar-refractivity contribution in [3.05, 3.63) is 72.4 Å². The van der Waals surface area contributed by atoms with Gasteiger partial charge < -0.3 is 9.88 Å². The number of alkyl halides is 3. The van der Waals surface area contributed by atoms with Crippen molar-refractivity contribution in [1.29, 1.82) is 0 Å². The summed E-state index contributed by atoms with van der Waals surface area (Å²) in [4.78, 5) is 20.6. The van der Waals surface area contributed by atoms with Gasteiger partial charge in [0, 0.05) is 5.02 Å². The molecule has 0 aliphatic heterocycles. The third kappa shape index (κ3) is 5.74. The maximum atomic E-state index is 13.2. The Bertz CT molecular complexity index is 1240. The zero-order valence-electron chi connectivity index (χ0n) is 16.8. The van der Waals surface area contributed by atoms with Crippen molar-refractivity contribution in [2.75, 3.05) is 11.1 Å². The van der Waals surface area contributed by atoms with E-state index < -0.39 is 18.6 Å². The van der Waals surface area contributed by atoms with Gasteiger partial charge in [0.1, 0.15) is 19.2 Å². The second kappa shape index (κ2) is 9.67. The van der Waals surface area contributed by atoms with E-state index in [-0.39, 0.29) is 10.9 Å². The van der Waals surface area contributed by atoms with E-state index in [2.05, 4.69) is 20.4 Å². The highest BCUT2D eigenvalue weighted by Gasteiger charge is 2.31. The summed E-state index contributed by atoms with van der Waals surface area (Å²) in [5.41, 5.74) is 1.85. The van der Waals surface area contributed by atoms with Crippen LogP contribution in [0.5, 0.6) is 0 Å². The van der Waals surface area contributed by atoms with E-state index >= 15 is 0 Å². The highest BCUT2D eigenvalue weighted by molar-refractivity contribution is 7.99. The van der Waals surface area contributed by atoms with Gasteiger partial charge in [-0.05, 0) is 23.8 Å². The molecule has 4 aromatic rings. The Morgan fingerprint density at radius 2 is 1.94 bits per heavy atom. The molecular formula is C21H16ClF3N6OS. The van der Waals surface area contributed by atoms with Crippen LogP contribution in [0.25, 0.3) is 16.9 Å². The number of nitrogens with zero attached hydrogens (tertiary/aromatic N) is 5. The van der Waals surface area contributed by atoms with Crippen molar-refractivity contribution in [3.8, 4) is 16.9 Å². The second-order valence-electron chi connectivity index (χ2n) is 6.83. The van der Waals surface area contributed by atoms with Crippen molar-refractivity contribution < 1.29 is 18.0 Å². The van der Waals surface area contributed by atoms with Gasteiger partial charge in [-0.3, -0.25) is 4.79 Å². The first-order valence-electron chi connectivity index (χ1n) is 9.55. The molecule has 12 heteroatoms. The Morgan fingerprint density at radius 1 is 1.15 bits per heavy atom. The number of rotatable bonds is 7. The van der Waals surface area contributed by atoms with Gasteiger partial charge in [-0.25, -0.2) is 14.6 Å². The molecule has 0 radical (unpaired) electrons. The van der Waals surface area contributed by atoms with E-state index in [1.165, 1.54) is 23.5 Å². The van der Waals surface area contributed by atoms with E-state index in [0.29, 0.717) is 27.7 Å². The number of carbonyl (C=O) groups excluding carboxylic acids is 1. The molecule has 0 saturated heterocycles. The molecule has 0 aliphatic rings. The molecule has 0 aliphatic carbocycles. The average Bonchev–Trinajstić information content (AvgIpc) is 3.42. The summed E-state index contributed by atoms with van der Waals surface area (Å²) in [5, 5.41) is 7.25. The number of halogens is 4. The topological polar surface area (TPSA) is 77.6 Å². The third-order valence-electron chi connectivity index (χ3n) is 4.46. The monoisotopic (exact) mass is 492 g/mol. The minimum atomic E-state index is -4.45. The van der Waals surface area contributed by atoms with Crippen molar-refractivity contribution in [1.82, 2.24) is 24.3 Å². The average molecular weight is 493 g/mol. The fourth-order valence-corrected chi connectivity index (χ4v) is 4.05. The SMILES string of the molecule is O=C(CSc1ncc(-c2ccccc2)n1CC(F)(F)F)Nc1cc(Cl)ccc1-n1cncn1. The molecule has 0 unspecified atom stereocenters. The second-order valence-corrected chi connectivity index (χ2v) is 8.21. The molecule has 7 nitrogen and oxygen atoms in total. The molecule has 2 aromatic carbocycles. The highest BCUT2D eigenvalue weighted by Crippen LogP contribution is 2.30. The first-order valence-corrected chi connectivity index (χ1v) is 10.9. The predicted octanol–water partition coefficient (Wildman–Crippen LogP) is 5.08. The largest absolute Gasteiger partial charge is 0.406 e. The number of hydrogen-bond acceptors (Lipinski definition) is 5. The summed E-state index contributed by atoms with van der Waals surface area (Å²) in [7, 11) is 0. The van der Waals surface area contributed by atoms with Gasteiger partial charge in [0.25, 0.3) is 0 Å². The Kier molecular flexibility index (Phi) is 6.70. The fraction of sp³-hybridized carbons (Fsp3) is 0.143. The number of carbonyl (C=O) groups is 1. The normalized spacial score (nSPS) is 11.5. The van der Waals surface area contributed by atoms with Gasteiger partial charge in [0.15, 0.2) is 5.16 Å². The number of amides is 1.